The van der Waals surface area contributed by atoms with Crippen LogP contribution in [0.4, 0.5) is 0 Å². The molecule has 0 aromatic carbocycles. The van der Waals surface area contributed by atoms with E-state index >= 15 is 0 Å². The average Bonchev–Trinajstić information content (AvgIpc) is 2.97. The summed E-state index contributed by atoms with van der Waals surface area (Å²) in [6, 6.07) is 0. The van der Waals surface area contributed by atoms with Gasteiger partial charge in [-0.05, 0) is 54.4 Å². The fraction of sp³-hybridized carbons (Fsp3) is 0.875. The first-order valence-electron chi connectivity index (χ1n) is 7.55. The molecule has 0 unspecified atom stereocenters. The van der Waals surface area contributed by atoms with Crippen molar-refractivity contribution in [1.29, 1.82) is 0 Å². The number of hydrogen-bond donors (Lipinski definition) is 0. The zero-order chi connectivity index (χ0) is 16.3. The van der Waals surface area contributed by atoms with Crippen LogP contribution in [-0.2, 0) is 23.8 Å². The van der Waals surface area contributed by atoms with Gasteiger partial charge in [0.2, 0.25) is 0 Å². The molecule has 1 aliphatic heterocycles. The molecule has 2 atom stereocenters. The van der Waals surface area contributed by atoms with Gasteiger partial charge in [-0.3, -0.25) is 9.59 Å². The molecule has 1 fully saturated rings. The van der Waals surface area contributed by atoms with Gasteiger partial charge in [0.25, 0.3) is 0 Å². The van der Waals surface area contributed by atoms with E-state index in [0.29, 0.717) is 25.7 Å². The van der Waals surface area contributed by atoms with Crippen molar-refractivity contribution in [3.63, 3.8) is 0 Å². The summed E-state index contributed by atoms with van der Waals surface area (Å²) < 4.78 is 15.9. The van der Waals surface area contributed by atoms with Crippen LogP contribution in [0.15, 0.2) is 0 Å². The average molecular weight is 300 g/mol. The predicted molar refractivity (Wildman–Crippen MR) is 78.8 cm³/mol. The largest absolute Gasteiger partial charge is 0.460 e. The lowest BCUT2D eigenvalue weighted by Crippen LogP contribution is -2.24. The molecule has 21 heavy (non-hydrogen) atoms. The third kappa shape index (κ3) is 8.71. The predicted octanol–water partition coefficient (Wildman–Crippen LogP) is 3.00. The second kappa shape index (κ2) is 6.77. The van der Waals surface area contributed by atoms with Gasteiger partial charge in [0.05, 0.1) is 12.2 Å². The highest BCUT2D eigenvalue weighted by molar-refractivity contribution is 5.70. The summed E-state index contributed by atoms with van der Waals surface area (Å²) in [5.41, 5.74) is -0.894. The first kappa shape index (κ1) is 18.0. The van der Waals surface area contributed by atoms with Crippen LogP contribution in [0.1, 0.15) is 67.2 Å². The van der Waals surface area contributed by atoms with E-state index in [4.69, 9.17) is 14.2 Å². The second-order valence-corrected chi connectivity index (χ2v) is 7.46. The van der Waals surface area contributed by atoms with Crippen LogP contribution in [-0.4, -0.2) is 35.3 Å². The Kier molecular flexibility index (Phi) is 5.79. The maximum absolute atomic E-state index is 11.6. The highest BCUT2D eigenvalue weighted by atomic mass is 16.6. The molecule has 1 heterocycles. The number of rotatable bonds is 6. The molecule has 122 valence electrons. The van der Waals surface area contributed by atoms with Crippen molar-refractivity contribution >= 4 is 11.9 Å². The normalized spacial score (nSPS) is 21.8. The molecular formula is C16H28O5. The van der Waals surface area contributed by atoms with Gasteiger partial charge < -0.3 is 14.2 Å². The lowest BCUT2D eigenvalue weighted by atomic mass is 10.1. The maximum atomic E-state index is 11.6. The van der Waals surface area contributed by atoms with Gasteiger partial charge >= 0.3 is 11.9 Å². The Morgan fingerprint density at radius 1 is 0.810 bits per heavy atom. The van der Waals surface area contributed by atoms with Gasteiger partial charge in [0.1, 0.15) is 11.2 Å². The van der Waals surface area contributed by atoms with Crippen LogP contribution in [0.25, 0.3) is 0 Å². The summed E-state index contributed by atoms with van der Waals surface area (Å²) in [6.07, 6.45) is 2.14. The molecule has 0 N–H and O–H groups in total. The van der Waals surface area contributed by atoms with Crippen LogP contribution in [0, 0.1) is 0 Å². The Balaban J connectivity index is 2.12. The summed E-state index contributed by atoms with van der Waals surface area (Å²) in [5, 5.41) is 0. The fourth-order valence-electron chi connectivity index (χ4n) is 1.99. The van der Waals surface area contributed by atoms with E-state index in [1.165, 1.54) is 0 Å². The lowest BCUT2D eigenvalue weighted by Gasteiger charge is -2.19. The van der Waals surface area contributed by atoms with Crippen LogP contribution >= 0.6 is 0 Å². The van der Waals surface area contributed by atoms with E-state index in [1.807, 2.05) is 41.5 Å². The third-order valence-corrected chi connectivity index (χ3v) is 2.79. The van der Waals surface area contributed by atoms with E-state index in [1.54, 1.807) is 0 Å². The van der Waals surface area contributed by atoms with Crippen molar-refractivity contribution in [3.8, 4) is 0 Å². The summed E-state index contributed by atoms with van der Waals surface area (Å²) in [7, 11) is 0. The zero-order valence-corrected chi connectivity index (χ0v) is 14.0. The molecule has 1 saturated heterocycles. The number of hydrogen-bond acceptors (Lipinski definition) is 5. The minimum atomic E-state index is -0.447. The highest BCUT2D eigenvalue weighted by Crippen LogP contribution is 2.31. The number of ether oxygens (including phenoxy) is 3. The molecule has 0 radical (unpaired) electrons. The summed E-state index contributed by atoms with van der Waals surface area (Å²) in [5.74, 6) is -0.409. The minimum absolute atomic E-state index is 0.0694. The van der Waals surface area contributed by atoms with Gasteiger partial charge in [0, 0.05) is 12.8 Å². The smallest absolute Gasteiger partial charge is 0.306 e. The number of carbonyl (C=O) groups is 2. The lowest BCUT2D eigenvalue weighted by molar-refractivity contribution is -0.156. The van der Waals surface area contributed by atoms with Crippen molar-refractivity contribution in [2.24, 2.45) is 0 Å². The van der Waals surface area contributed by atoms with Gasteiger partial charge in [-0.2, -0.15) is 0 Å². The number of epoxide rings is 1. The van der Waals surface area contributed by atoms with E-state index < -0.39 is 11.2 Å². The topological polar surface area (TPSA) is 65.1 Å². The summed E-state index contributed by atoms with van der Waals surface area (Å²) >= 11 is 0. The Morgan fingerprint density at radius 3 is 1.43 bits per heavy atom. The molecule has 0 aromatic heterocycles. The van der Waals surface area contributed by atoms with Gasteiger partial charge in [-0.15, -0.1) is 0 Å². The third-order valence-electron chi connectivity index (χ3n) is 2.79. The van der Waals surface area contributed by atoms with Crippen LogP contribution in [0.3, 0.4) is 0 Å². The quantitative estimate of drug-likeness (QED) is 0.557. The summed E-state index contributed by atoms with van der Waals surface area (Å²) in [4.78, 5) is 23.1. The van der Waals surface area contributed by atoms with E-state index in [9.17, 15) is 9.59 Å². The Morgan fingerprint density at radius 2 is 1.14 bits per heavy atom. The number of esters is 2. The highest BCUT2D eigenvalue weighted by Gasteiger charge is 2.39. The van der Waals surface area contributed by atoms with Gasteiger partial charge in [-0.1, -0.05) is 0 Å². The Labute approximate surface area is 127 Å². The van der Waals surface area contributed by atoms with Crippen molar-refractivity contribution in [3.05, 3.63) is 0 Å². The van der Waals surface area contributed by atoms with Gasteiger partial charge in [0.15, 0.2) is 0 Å². The molecule has 5 heteroatoms. The van der Waals surface area contributed by atoms with Gasteiger partial charge in [-0.25, -0.2) is 0 Å². The van der Waals surface area contributed by atoms with E-state index in [2.05, 4.69) is 0 Å². The molecule has 1 rings (SSSR count). The maximum Gasteiger partial charge on any atom is 0.306 e. The molecule has 0 saturated carbocycles. The summed E-state index contributed by atoms with van der Waals surface area (Å²) in [6.45, 7) is 11.1. The minimum Gasteiger partial charge on any atom is -0.460 e. The second-order valence-electron chi connectivity index (χ2n) is 7.46. The SMILES string of the molecule is CC(C)(C)OC(=O)CC[C@H]1O[C@@H]1CCC(=O)OC(C)(C)C. The molecular weight excluding hydrogens is 272 g/mol. The Bertz CT molecular complexity index is 339. The van der Waals surface area contributed by atoms with Crippen molar-refractivity contribution < 1.29 is 23.8 Å². The first-order valence-corrected chi connectivity index (χ1v) is 7.55. The van der Waals surface area contributed by atoms with Crippen molar-refractivity contribution in [2.75, 3.05) is 0 Å². The molecule has 0 aromatic rings. The van der Waals surface area contributed by atoms with E-state index in [0.717, 1.165) is 0 Å². The molecule has 0 aliphatic carbocycles. The standard InChI is InChI=1S/C16H28O5/c1-15(2,3)20-13(17)9-7-11-12(19-11)8-10-14(18)21-16(4,5)6/h11-12H,7-10H2,1-6H3/t11-,12-/m1/s1. The molecule has 0 bridgehead atoms. The van der Waals surface area contributed by atoms with E-state index in [-0.39, 0.29) is 24.1 Å². The van der Waals surface area contributed by atoms with Crippen LogP contribution in [0.5, 0.6) is 0 Å². The molecule has 0 amide bonds. The zero-order valence-electron chi connectivity index (χ0n) is 14.0. The Hall–Kier alpha value is -1.10. The fourth-order valence-corrected chi connectivity index (χ4v) is 1.99. The van der Waals surface area contributed by atoms with Crippen LogP contribution < -0.4 is 0 Å². The van der Waals surface area contributed by atoms with Crippen LogP contribution in [0.2, 0.25) is 0 Å². The van der Waals surface area contributed by atoms with Crippen molar-refractivity contribution in [2.45, 2.75) is 90.6 Å². The first-order chi connectivity index (χ1) is 9.46. The monoisotopic (exact) mass is 300 g/mol. The molecule has 0 spiro atoms. The number of carbonyl (C=O) groups excluding carboxylic acids is 2. The molecule has 5 nitrogen and oxygen atoms in total. The van der Waals surface area contributed by atoms with Crippen molar-refractivity contribution in [1.82, 2.24) is 0 Å². The molecule has 1 aliphatic rings.